The van der Waals surface area contributed by atoms with E-state index in [2.05, 4.69) is 10.3 Å². The molecule has 202 valence electrons. The summed E-state index contributed by atoms with van der Waals surface area (Å²) >= 11 is 0. The minimum absolute atomic E-state index is 0.0129. The fourth-order valence-corrected chi connectivity index (χ4v) is 4.69. The molecule has 3 aromatic rings. The number of nitrogens with one attached hydrogen (secondary N) is 2. The summed E-state index contributed by atoms with van der Waals surface area (Å²) in [7, 11) is 1.35. The number of ether oxygens (including phenoxy) is 2. The summed E-state index contributed by atoms with van der Waals surface area (Å²) in [5.41, 5.74) is 8.85. The number of hydrogen-bond donors (Lipinski definition) is 3. The fourth-order valence-electron chi connectivity index (χ4n) is 4.69. The van der Waals surface area contributed by atoms with Gasteiger partial charge in [0.15, 0.2) is 0 Å². The van der Waals surface area contributed by atoms with E-state index < -0.39 is 0 Å². The van der Waals surface area contributed by atoms with Crippen molar-refractivity contribution in [3.63, 3.8) is 0 Å². The molecule has 0 bridgehead atoms. The highest BCUT2D eigenvalue weighted by molar-refractivity contribution is 5.96. The number of nitrogen functional groups attached to an aromatic ring is 1. The van der Waals surface area contributed by atoms with Crippen LogP contribution in [0.15, 0.2) is 67.0 Å². The number of rotatable bonds is 9. The average molecular weight is 530 g/mol. The SMILES string of the molecule is COC(=O)C[C@@H]1C[C@@H](COc2ccc(-c3ccc(C(=N)N)cc3)cc2NC(C)=O)N(C(=O)c2cccnc2)C1. The van der Waals surface area contributed by atoms with Crippen LogP contribution in [0.5, 0.6) is 5.75 Å². The van der Waals surface area contributed by atoms with Crippen molar-refractivity contribution in [3.05, 3.63) is 78.1 Å². The highest BCUT2D eigenvalue weighted by Crippen LogP contribution is 2.33. The number of esters is 1. The van der Waals surface area contributed by atoms with Gasteiger partial charge in [-0.25, -0.2) is 0 Å². The van der Waals surface area contributed by atoms with Gasteiger partial charge in [0.05, 0.1) is 30.8 Å². The first-order chi connectivity index (χ1) is 18.7. The molecule has 39 heavy (non-hydrogen) atoms. The number of anilines is 1. The van der Waals surface area contributed by atoms with Gasteiger partial charge in [0.2, 0.25) is 5.91 Å². The number of nitrogens with two attached hydrogens (primary N) is 1. The van der Waals surface area contributed by atoms with E-state index in [0.29, 0.717) is 35.5 Å². The van der Waals surface area contributed by atoms with Crippen molar-refractivity contribution in [1.29, 1.82) is 5.41 Å². The third kappa shape index (κ3) is 6.78. The van der Waals surface area contributed by atoms with E-state index in [-0.39, 0.29) is 48.6 Å². The van der Waals surface area contributed by atoms with Gasteiger partial charge in [-0.2, -0.15) is 0 Å². The number of carbonyl (C=O) groups is 3. The molecule has 0 radical (unpaired) electrons. The van der Waals surface area contributed by atoms with Gasteiger partial charge in [-0.3, -0.25) is 24.8 Å². The largest absolute Gasteiger partial charge is 0.489 e. The monoisotopic (exact) mass is 529 g/mol. The van der Waals surface area contributed by atoms with Crippen molar-refractivity contribution in [3.8, 4) is 16.9 Å². The zero-order valence-corrected chi connectivity index (χ0v) is 21.8. The molecule has 1 fully saturated rings. The number of carbonyl (C=O) groups excluding carboxylic acids is 3. The molecule has 1 aliphatic rings. The van der Waals surface area contributed by atoms with Crippen LogP contribution in [0.25, 0.3) is 11.1 Å². The molecule has 0 saturated carbocycles. The van der Waals surface area contributed by atoms with Gasteiger partial charge in [0.25, 0.3) is 5.91 Å². The Bertz CT molecular complexity index is 1360. The van der Waals surface area contributed by atoms with Gasteiger partial charge < -0.3 is 25.4 Å². The van der Waals surface area contributed by atoms with Crippen molar-refractivity contribution in [2.24, 2.45) is 11.7 Å². The number of amidine groups is 1. The van der Waals surface area contributed by atoms with Crippen molar-refractivity contribution < 1.29 is 23.9 Å². The minimum atomic E-state index is -0.324. The van der Waals surface area contributed by atoms with Crippen LogP contribution in [0.1, 0.15) is 35.7 Å². The molecule has 1 aromatic heterocycles. The lowest BCUT2D eigenvalue weighted by atomic mass is 10.0. The zero-order valence-electron chi connectivity index (χ0n) is 21.8. The molecule has 10 heteroatoms. The summed E-state index contributed by atoms with van der Waals surface area (Å²) in [6, 6.07) is 15.8. The number of pyridine rings is 1. The second kappa shape index (κ2) is 12.2. The summed E-state index contributed by atoms with van der Waals surface area (Å²) in [5, 5.41) is 10.4. The summed E-state index contributed by atoms with van der Waals surface area (Å²) in [5.74, 6) is -0.385. The first kappa shape index (κ1) is 27.3. The number of likely N-dealkylation sites (tertiary alicyclic amines) is 1. The van der Waals surface area contributed by atoms with Crippen LogP contribution >= 0.6 is 0 Å². The van der Waals surface area contributed by atoms with Crippen LogP contribution in [-0.4, -0.2) is 59.8 Å². The molecular formula is C29H31N5O5. The number of methoxy groups -OCH3 is 1. The van der Waals surface area contributed by atoms with Gasteiger partial charge in [-0.15, -0.1) is 0 Å². The number of amides is 2. The smallest absolute Gasteiger partial charge is 0.305 e. The number of nitrogens with zero attached hydrogens (tertiary/aromatic N) is 2. The highest BCUT2D eigenvalue weighted by Gasteiger charge is 2.37. The van der Waals surface area contributed by atoms with E-state index in [4.69, 9.17) is 20.6 Å². The molecule has 4 N–H and O–H groups in total. The molecule has 2 amide bonds. The molecule has 10 nitrogen and oxygen atoms in total. The second-order valence-corrected chi connectivity index (χ2v) is 9.43. The van der Waals surface area contributed by atoms with Crippen LogP contribution in [0.2, 0.25) is 0 Å². The van der Waals surface area contributed by atoms with Gasteiger partial charge in [0, 0.05) is 31.4 Å². The van der Waals surface area contributed by atoms with E-state index in [1.165, 1.54) is 20.2 Å². The van der Waals surface area contributed by atoms with E-state index in [0.717, 1.165) is 11.1 Å². The third-order valence-corrected chi connectivity index (χ3v) is 6.60. The molecular weight excluding hydrogens is 498 g/mol. The predicted octanol–water partition coefficient (Wildman–Crippen LogP) is 3.46. The Hall–Kier alpha value is -4.73. The topological polar surface area (TPSA) is 148 Å². The van der Waals surface area contributed by atoms with E-state index in [1.807, 2.05) is 24.3 Å². The standard InChI is InChI=1S/C29H31N5O5/c1-18(35)33-25-14-22(20-5-7-21(8-6-20)28(30)31)9-10-26(25)39-17-24-12-19(13-27(36)38-2)16-34(24)29(37)23-4-3-11-32-15-23/h3-11,14-15,19,24H,12-13,16-17H2,1-2H3,(H3,30,31)(H,33,35)/t19-,24-/m0/s1. The molecule has 2 heterocycles. The lowest BCUT2D eigenvalue weighted by Gasteiger charge is -2.25. The van der Waals surface area contributed by atoms with Crippen LogP contribution in [-0.2, 0) is 14.3 Å². The average Bonchev–Trinajstić information content (AvgIpc) is 3.34. The Labute approximate surface area is 226 Å². The summed E-state index contributed by atoms with van der Waals surface area (Å²) < 4.78 is 11.0. The first-order valence-corrected chi connectivity index (χ1v) is 12.5. The summed E-state index contributed by atoms with van der Waals surface area (Å²) in [6.45, 7) is 1.98. The van der Waals surface area contributed by atoms with Crippen LogP contribution in [0.3, 0.4) is 0 Å². The molecule has 4 rings (SSSR count). The van der Waals surface area contributed by atoms with Gasteiger partial charge >= 0.3 is 5.97 Å². The Kier molecular flexibility index (Phi) is 8.55. The van der Waals surface area contributed by atoms with E-state index >= 15 is 0 Å². The quantitative estimate of drug-likeness (QED) is 0.218. The van der Waals surface area contributed by atoms with Gasteiger partial charge in [0.1, 0.15) is 18.2 Å². The van der Waals surface area contributed by atoms with Crippen LogP contribution in [0.4, 0.5) is 5.69 Å². The predicted molar refractivity (Wildman–Crippen MR) is 146 cm³/mol. The molecule has 2 aromatic carbocycles. The molecule has 0 unspecified atom stereocenters. The normalized spacial score (nSPS) is 16.4. The zero-order chi connectivity index (χ0) is 27.9. The minimum Gasteiger partial charge on any atom is -0.489 e. The Balaban J connectivity index is 1.55. The van der Waals surface area contributed by atoms with Crippen molar-refractivity contribution in [1.82, 2.24) is 9.88 Å². The Morgan fingerprint density at radius 3 is 2.49 bits per heavy atom. The fraction of sp³-hybridized carbons (Fsp3) is 0.276. The maximum atomic E-state index is 13.3. The number of hydrogen-bond acceptors (Lipinski definition) is 7. The summed E-state index contributed by atoms with van der Waals surface area (Å²) in [6.07, 6.45) is 3.89. The Morgan fingerprint density at radius 2 is 1.85 bits per heavy atom. The lowest BCUT2D eigenvalue weighted by molar-refractivity contribution is -0.141. The maximum Gasteiger partial charge on any atom is 0.305 e. The molecule has 1 saturated heterocycles. The summed E-state index contributed by atoms with van der Waals surface area (Å²) in [4.78, 5) is 42.9. The molecule has 1 aliphatic heterocycles. The Morgan fingerprint density at radius 1 is 1.10 bits per heavy atom. The first-order valence-electron chi connectivity index (χ1n) is 12.5. The van der Waals surface area contributed by atoms with Crippen molar-refractivity contribution >= 4 is 29.3 Å². The van der Waals surface area contributed by atoms with Crippen LogP contribution in [0, 0.1) is 11.3 Å². The number of benzene rings is 2. The number of aromatic nitrogens is 1. The highest BCUT2D eigenvalue weighted by atomic mass is 16.5. The lowest BCUT2D eigenvalue weighted by Crippen LogP contribution is -2.39. The van der Waals surface area contributed by atoms with Crippen LogP contribution < -0.4 is 15.8 Å². The molecule has 2 atom stereocenters. The third-order valence-electron chi connectivity index (χ3n) is 6.60. The van der Waals surface area contributed by atoms with E-state index in [1.54, 1.807) is 41.4 Å². The van der Waals surface area contributed by atoms with Gasteiger partial charge in [-0.1, -0.05) is 30.3 Å². The maximum absolute atomic E-state index is 13.3. The molecule has 0 spiro atoms. The van der Waals surface area contributed by atoms with Crippen molar-refractivity contribution in [2.45, 2.75) is 25.8 Å². The second-order valence-electron chi connectivity index (χ2n) is 9.43. The van der Waals surface area contributed by atoms with Gasteiger partial charge in [-0.05, 0) is 47.7 Å². The van der Waals surface area contributed by atoms with Crippen molar-refractivity contribution in [2.75, 3.05) is 25.6 Å². The molecule has 0 aliphatic carbocycles. The van der Waals surface area contributed by atoms with E-state index in [9.17, 15) is 14.4 Å².